The summed E-state index contributed by atoms with van der Waals surface area (Å²) in [5, 5.41) is 0. The monoisotopic (exact) mass is 334 g/mol. The van der Waals surface area contributed by atoms with Gasteiger partial charge in [0.25, 0.3) is 11.8 Å². The van der Waals surface area contributed by atoms with Gasteiger partial charge in [0.05, 0.1) is 26.9 Å². The highest BCUT2D eigenvalue weighted by atomic mass is 16.5. The third-order valence-corrected chi connectivity index (χ3v) is 3.69. The van der Waals surface area contributed by atoms with Gasteiger partial charge < -0.3 is 14.2 Å². The molecular formula is C16H18N2O6. The normalized spacial score (nSPS) is 14.9. The van der Waals surface area contributed by atoms with Crippen LogP contribution >= 0.6 is 0 Å². The van der Waals surface area contributed by atoms with E-state index in [9.17, 15) is 14.4 Å². The topological polar surface area (TPSA) is 85.4 Å². The fourth-order valence-electron chi connectivity index (χ4n) is 2.29. The number of methoxy groups -OCH3 is 3. The van der Waals surface area contributed by atoms with Crippen molar-refractivity contribution in [2.24, 2.45) is 0 Å². The van der Waals surface area contributed by atoms with E-state index in [0.29, 0.717) is 22.8 Å². The number of hydrogen-bond donors (Lipinski definition) is 0. The molecule has 4 amide bonds. The Hall–Kier alpha value is -3.03. The van der Waals surface area contributed by atoms with Gasteiger partial charge in [-0.3, -0.25) is 19.4 Å². The summed E-state index contributed by atoms with van der Waals surface area (Å²) in [5.41, 5.74) is 0.231. The lowest BCUT2D eigenvalue weighted by Gasteiger charge is -2.29. The fourth-order valence-corrected chi connectivity index (χ4v) is 2.29. The second-order valence-electron chi connectivity index (χ2n) is 5.01. The van der Waals surface area contributed by atoms with Crippen LogP contribution in [0.5, 0.6) is 17.2 Å². The molecule has 0 spiro atoms. The van der Waals surface area contributed by atoms with Gasteiger partial charge in [-0.1, -0.05) is 0 Å². The quantitative estimate of drug-likeness (QED) is 0.606. The molecule has 0 unspecified atom stereocenters. The van der Waals surface area contributed by atoms with Crippen molar-refractivity contribution in [1.82, 2.24) is 9.80 Å². The average Bonchev–Trinajstić information content (AvgIpc) is 2.61. The Morgan fingerprint density at radius 1 is 0.833 bits per heavy atom. The summed E-state index contributed by atoms with van der Waals surface area (Å²) < 4.78 is 15.8. The van der Waals surface area contributed by atoms with Gasteiger partial charge in [-0.05, 0) is 6.08 Å². The fraction of sp³-hybridized carbons (Fsp3) is 0.312. The Morgan fingerprint density at radius 3 is 1.67 bits per heavy atom. The van der Waals surface area contributed by atoms with Gasteiger partial charge in [0.2, 0.25) is 0 Å². The van der Waals surface area contributed by atoms with Crippen LogP contribution in [0, 0.1) is 0 Å². The Balaban J connectivity index is 2.63. The van der Waals surface area contributed by atoms with Crippen LogP contribution in [0.4, 0.5) is 4.79 Å². The van der Waals surface area contributed by atoms with Crippen LogP contribution in [0.2, 0.25) is 0 Å². The standard InChI is InChI=1S/C16H18N2O6/c1-17-14(19)11(15(20)18(2)16(17)21)8-10-12(23-4)6-9(22-3)7-13(10)24-5/h6-8H,1-5H3. The molecule has 2 rings (SSSR count). The summed E-state index contributed by atoms with van der Waals surface area (Å²) >= 11 is 0. The molecule has 1 heterocycles. The number of urea groups is 1. The number of nitrogens with zero attached hydrogens (tertiary/aromatic N) is 2. The predicted octanol–water partition coefficient (Wildman–Crippen LogP) is 1.15. The number of benzene rings is 1. The highest BCUT2D eigenvalue weighted by Gasteiger charge is 2.38. The molecule has 0 aliphatic carbocycles. The summed E-state index contributed by atoms with van der Waals surface area (Å²) in [5.74, 6) is -0.161. The van der Waals surface area contributed by atoms with Gasteiger partial charge in [-0.15, -0.1) is 0 Å². The number of carbonyl (C=O) groups is 3. The molecule has 8 nitrogen and oxygen atoms in total. The van der Waals surface area contributed by atoms with Crippen molar-refractivity contribution in [2.75, 3.05) is 35.4 Å². The van der Waals surface area contributed by atoms with Crippen LogP contribution in [0.25, 0.3) is 6.08 Å². The van der Waals surface area contributed by atoms with Crippen molar-refractivity contribution in [3.63, 3.8) is 0 Å². The third-order valence-electron chi connectivity index (χ3n) is 3.69. The molecule has 1 fully saturated rings. The van der Waals surface area contributed by atoms with Crippen molar-refractivity contribution in [3.05, 3.63) is 23.3 Å². The zero-order valence-electron chi connectivity index (χ0n) is 14.1. The van der Waals surface area contributed by atoms with E-state index in [1.54, 1.807) is 12.1 Å². The van der Waals surface area contributed by atoms with Gasteiger partial charge in [-0.25, -0.2) is 4.79 Å². The van der Waals surface area contributed by atoms with Gasteiger partial charge in [0.1, 0.15) is 22.8 Å². The Labute approximate surface area is 139 Å². The molecule has 1 aliphatic rings. The van der Waals surface area contributed by atoms with E-state index < -0.39 is 17.8 Å². The average molecular weight is 334 g/mol. The zero-order chi connectivity index (χ0) is 18.0. The van der Waals surface area contributed by atoms with Gasteiger partial charge in [0.15, 0.2) is 0 Å². The molecule has 0 atom stereocenters. The molecule has 0 radical (unpaired) electrons. The number of barbiturate groups is 1. The molecule has 24 heavy (non-hydrogen) atoms. The van der Waals surface area contributed by atoms with E-state index in [2.05, 4.69) is 0 Å². The minimum Gasteiger partial charge on any atom is -0.496 e. The lowest BCUT2D eigenvalue weighted by Crippen LogP contribution is -2.52. The molecule has 1 aromatic rings. The molecule has 0 aromatic heterocycles. The molecule has 128 valence electrons. The zero-order valence-corrected chi connectivity index (χ0v) is 14.1. The van der Waals surface area contributed by atoms with Gasteiger partial charge >= 0.3 is 6.03 Å². The third kappa shape index (κ3) is 2.78. The SMILES string of the molecule is COc1cc(OC)c(C=C2C(=O)N(C)C(=O)N(C)C2=O)c(OC)c1. The minimum atomic E-state index is -0.692. The minimum absolute atomic E-state index is 0.165. The van der Waals surface area contributed by atoms with Gasteiger partial charge in [-0.2, -0.15) is 0 Å². The number of likely N-dealkylation sites (N-methyl/N-ethyl adjacent to an activating group) is 2. The summed E-state index contributed by atoms with van der Waals surface area (Å²) in [4.78, 5) is 38.1. The largest absolute Gasteiger partial charge is 0.496 e. The smallest absolute Gasteiger partial charge is 0.333 e. The maximum Gasteiger partial charge on any atom is 0.333 e. The molecule has 0 saturated carbocycles. The molecule has 1 aliphatic heterocycles. The first kappa shape index (κ1) is 17.3. The number of carbonyl (C=O) groups excluding carboxylic acids is 3. The van der Waals surface area contributed by atoms with Crippen LogP contribution in [0.15, 0.2) is 17.7 Å². The lowest BCUT2D eigenvalue weighted by atomic mass is 10.0. The molecule has 1 aromatic carbocycles. The highest BCUT2D eigenvalue weighted by Crippen LogP contribution is 2.36. The highest BCUT2D eigenvalue weighted by molar-refractivity contribution is 6.30. The second-order valence-corrected chi connectivity index (χ2v) is 5.01. The number of rotatable bonds is 4. The van der Waals surface area contributed by atoms with E-state index in [1.165, 1.54) is 41.5 Å². The van der Waals surface area contributed by atoms with E-state index in [0.717, 1.165) is 9.80 Å². The molecule has 8 heteroatoms. The maximum atomic E-state index is 12.3. The predicted molar refractivity (Wildman–Crippen MR) is 85.0 cm³/mol. The number of ether oxygens (including phenoxy) is 3. The Bertz CT molecular complexity index is 689. The second kappa shape index (κ2) is 6.61. The van der Waals surface area contributed by atoms with Crippen LogP contribution in [0.3, 0.4) is 0 Å². The summed E-state index contributed by atoms with van der Waals surface area (Å²) in [6.45, 7) is 0. The Kier molecular flexibility index (Phi) is 4.77. The van der Waals surface area contributed by atoms with Crippen LogP contribution < -0.4 is 14.2 Å². The van der Waals surface area contributed by atoms with E-state index in [-0.39, 0.29) is 5.57 Å². The summed E-state index contributed by atoms with van der Waals surface area (Å²) in [7, 11) is 7.01. The van der Waals surface area contributed by atoms with Crippen LogP contribution in [-0.4, -0.2) is 63.1 Å². The van der Waals surface area contributed by atoms with Crippen molar-refractivity contribution in [3.8, 4) is 17.2 Å². The van der Waals surface area contributed by atoms with Crippen molar-refractivity contribution in [2.45, 2.75) is 0 Å². The summed E-state index contributed by atoms with van der Waals surface area (Å²) in [6.07, 6.45) is 1.35. The number of hydrogen-bond acceptors (Lipinski definition) is 6. The van der Waals surface area contributed by atoms with Crippen molar-refractivity contribution >= 4 is 23.9 Å². The molecular weight excluding hydrogens is 316 g/mol. The first-order valence-electron chi connectivity index (χ1n) is 6.97. The first-order chi connectivity index (χ1) is 11.3. The van der Waals surface area contributed by atoms with Crippen LogP contribution in [0.1, 0.15) is 5.56 Å². The van der Waals surface area contributed by atoms with E-state index >= 15 is 0 Å². The van der Waals surface area contributed by atoms with Crippen LogP contribution in [-0.2, 0) is 9.59 Å². The van der Waals surface area contributed by atoms with Crippen molar-refractivity contribution < 1.29 is 28.6 Å². The molecule has 0 bridgehead atoms. The molecule has 1 saturated heterocycles. The van der Waals surface area contributed by atoms with Crippen molar-refractivity contribution in [1.29, 1.82) is 0 Å². The van der Waals surface area contributed by atoms with E-state index in [4.69, 9.17) is 14.2 Å². The summed E-state index contributed by atoms with van der Waals surface area (Å²) in [6, 6.07) is 2.52. The lowest BCUT2D eigenvalue weighted by molar-refractivity contribution is -0.134. The Morgan fingerprint density at radius 2 is 1.29 bits per heavy atom. The maximum absolute atomic E-state index is 12.3. The van der Waals surface area contributed by atoms with Gasteiger partial charge in [0, 0.05) is 26.2 Å². The number of imide groups is 2. The first-order valence-corrected chi connectivity index (χ1v) is 6.97. The molecule has 0 N–H and O–H groups in total. The van der Waals surface area contributed by atoms with E-state index in [1.807, 2.05) is 0 Å². The number of amides is 4.